The first-order chi connectivity index (χ1) is 14.3. The molecule has 1 atom stereocenters. The Labute approximate surface area is 192 Å². The van der Waals surface area contributed by atoms with Crippen LogP contribution in [-0.2, 0) is 11.3 Å². The van der Waals surface area contributed by atoms with Gasteiger partial charge in [0.05, 0.1) is 10.3 Å². The van der Waals surface area contributed by atoms with Gasteiger partial charge in [0.25, 0.3) is 0 Å². The third-order valence-electron chi connectivity index (χ3n) is 5.20. The number of likely N-dealkylation sites (N-methyl/N-ethyl adjacent to an activating group) is 1. The standard InChI is InChI=1S/C21H29Cl2N5OS/c1-5-26-8-10-27(11-9-26)20(29)15(4)30-21-25-24-19(28(21)13-14(2)3)17-7-6-16(22)12-18(17)23/h6-7,12,14-15H,5,8-11,13H2,1-4H3/t15-/m1/s1. The van der Waals surface area contributed by atoms with Gasteiger partial charge in [-0.2, -0.15) is 0 Å². The maximum atomic E-state index is 13.0. The van der Waals surface area contributed by atoms with Crippen LogP contribution in [0.25, 0.3) is 11.4 Å². The molecule has 1 saturated heterocycles. The molecule has 2 heterocycles. The fourth-order valence-corrected chi connectivity index (χ4v) is 4.96. The van der Waals surface area contributed by atoms with E-state index in [1.165, 1.54) is 11.8 Å². The topological polar surface area (TPSA) is 54.3 Å². The normalized spacial score (nSPS) is 16.3. The Kier molecular flexibility index (Phi) is 8.07. The van der Waals surface area contributed by atoms with Crippen LogP contribution in [0.15, 0.2) is 23.4 Å². The number of hydrogen-bond acceptors (Lipinski definition) is 5. The molecule has 3 rings (SSSR count). The Morgan fingerprint density at radius 1 is 1.13 bits per heavy atom. The highest BCUT2D eigenvalue weighted by Gasteiger charge is 2.27. The van der Waals surface area contributed by atoms with Crippen LogP contribution in [0.3, 0.4) is 0 Å². The van der Waals surface area contributed by atoms with Crippen LogP contribution < -0.4 is 0 Å². The first-order valence-electron chi connectivity index (χ1n) is 10.4. The number of aromatic nitrogens is 3. The molecule has 164 valence electrons. The van der Waals surface area contributed by atoms with Gasteiger partial charge in [0.15, 0.2) is 11.0 Å². The number of rotatable bonds is 7. The van der Waals surface area contributed by atoms with Crippen molar-refractivity contribution in [1.82, 2.24) is 24.6 Å². The van der Waals surface area contributed by atoms with Crippen LogP contribution in [-0.4, -0.2) is 68.4 Å². The molecule has 9 heteroatoms. The van der Waals surface area contributed by atoms with Crippen LogP contribution >= 0.6 is 35.0 Å². The number of halogens is 2. The van der Waals surface area contributed by atoms with Gasteiger partial charge in [-0.05, 0) is 37.6 Å². The molecule has 1 aliphatic heterocycles. The molecule has 0 unspecified atom stereocenters. The molecule has 0 N–H and O–H groups in total. The summed E-state index contributed by atoms with van der Waals surface area (Å²) in [5.41, 5.74) is 0.788. The van der Waals surface area contributed by atoms with E-state index in [9.17, 15) is 4.79 Å². The van der Waals surface area contributed by atoms with Crippen LogP contribution in [0.1, 0.15) is 27.7 Å². The van der Waals surface area contributed by atoms with Gasteiger partial charge in [0, 0.05) is 43.3 Å². The predicted molar refractivity (Wildman–Crippen MR) is 124 cm³/mol. The minimum atomic E-state index is -0.234. The molecule has 0 bridgehead atoms. The van der Waals surface area contributed by atoms with E-state index in [1.54, 1.807) is 12.1 Å². The van der Waals surface area contributed by atoms with Crippen LogP contribution in [0, 0.1) is 5.92 Å². The number of hydrogen-bond donors (Lipinski definition) is 0. The summed E-state index contributed by atoms with van der Waals surface area (Å²) < 4.78 is 2.06. The van der Waals surface area contributed by atoms with Crippen molar-refractivity contribution in [1.29, 1.82) is 0 Å². The molecule has 0 saturated carbocycles. The molecule has 1 fully saturated rings. The molecule has 2 aromatic rings. The van der Waals surface area contributed by atoms with Crippen molar-refractivity contribution >= 4 is 40.9 Å². The first-order valence-corrected chi connectivity index (χ1v) is 12.0. The van der Waals surface area contributed by atoms with Crippen LogP contribution in [0.4, 0.5) is 0 Å². The minimum Gasteiger partial charge on any atom is -0.339 e. The van der Waals surface area contributed by atoms with Crippen LogP contribution in [0.5, 0.6) is 0 Å². The second kappa shape index (κ2) is 10.4. The van der Waals surface area contributed by atoms with Crippen molar-refractivity contribution in [2.75, 3.05) is 32.7 Å². The van der Waals surface area contributed by atoms with E-state index in [0.29, 0.717) is 21.8 Å². The number of nitrogens with zero attached hydrogens (tertiary/aromatic N) is 5. The van der Waals surface area contributed by atoms with Gasteiger partial charge in [-0.25, -0.2) is 0 Å². The minimum absolute atomic E-state index is 0.154. The molecule has 1 amide bonds. The van der Waals surface area contributed by atoms with Gasteiger partial charge >= 0.3 is 0 Å². The molecular formula is C21H29Cl2N5OS. The summed E-state index contributed by atoms with van der Waals surface area (Å²) in [5, 5.41) is 10.4. The largest absolute Gasteiger partial charge is 0.339 e. The Bertz CT molecular complexity index is 880. The predicted octanol–water partition coefficient (Wildman–Crippen LogP) is 4.55. The van der Waals surface area contributed by atoms with Gasteiger partial charge < -0.3 is 14.4 Å². The Morgan fingerprint density at radius 2 is 1.83 bits per heavy atom. The average molecular weight is 470 g/mol. The highest BCUT2D eigenvalue weighted by molar-refractivity contribution is 8.00. The van der Waals surface area contributed by atoms with Crippen molar-refractivity contribution in [2.24, 2.45) is 5.92 Å². The maximum absolute atomic E-state index is 13.0. The molecule has 0 aliphatic carbocycles. The van der Waals surface area contributed by atoms with E-state index in [4.69, 9.17) is 23.2 Å². The van der Waals surface area contributed by atoms with E-state index in [-0.39, 0.29) is 11.2 Å². The van der Waals surface area contributed by atoms with Gasteiger partial charge in [-0.1, -0.05) is 55.7 Å². The van der Waals surface area contributed by atoms with Crippen molar-refractivity contribution < 1.29 is 4.79 Å². The van der Waals surface area contributed by atoms with E-state index in [0.717, 1.165) is 50.0 Å². The fourth-order valence-electron chi connectivity index (χ4n) is 3.53. The zero-order valence-corrected chi connectivity index (χ0v) is 20.3. The number of carbonyl (C=O) groups is 1. The Hall–Kier alpha value is -1.28. The summed E-state index contributed by atoms with van der Waals surface area (Å²) in [5.74, 6) is 1.24. The molecule has 1 aromatic carbocycles. The maximum Gasteiger partial charge on any atom is 0.235 e. The summed E-state index contributed by atoms with van der Waals surface area (Å²) in [6.45, 7) is 13.6. The molecular weight excluding hydrogens is 441 g/mol. The third-order valence-corrected chi connectivity index (χ3v) is 6.81. The van der Waals surface area contributed by atoms with Crippen molar-refractivity contribution in [2.45, 2.75) is 44.6 Å². The number of thioether (sulfide) groups is 1. The summed E-state index contributed by atoms with van der Waals surface area (Å²) in [6, 6.07) is 5.37. The summed E-state index contributed by atoms with van der Waals surface area (Å²) in [4.78, 5) is 17.3. The highest BCUT2D eigenvalue weighted by Crippen LogP contribution is 2.33. The lowest BCUT2D eigenvalue weighted by Crippen LogP contribution is -2.50. The molecule has 30 heavy (non-hydrogen) atoms. The van der Waals surface area contributed by atoms with E-state index in [2.05, 4.69) is 40.4 Å². The smallest absolute Gasteiger partial charge is 0.235 e. The molecule has 6 nitrogen and oxygen atoms in total. The summed E-state index contributed by atoms with van der Waals surface area (Å²) in [6.07, 6.45) is 0. The van der Waals surface area contributed by atoms with E-state index < -0.39 is 0 Å². The lowest BCUT2D eigenvalue weighted by atomic mass is 10.2. The summed E-state index contributed by atoms with van der Waals surface area (Å²) in [7, 11) is 0. The van der Waals surface area contributed by atoms with Gasteiger partial charge in [0.1, 0.15) is 0 Å². The van der Waals surface area contributed by atoms with Crippen molar-refractivity contribution in [3.63, 3.8) is 0 Å². The van der Waals surface area contributed by atoms with E-state index in [1.807, 2.05) is 17.9 Å². The average Bonchev–Trinajstić information content (AvgIpc) is 3.08. The lowest BCUT2D eigenvalue weighted by Gasteiger charge is -2.35. The zero-order valence-electron chi connectivity index (χ0n) is 17.9. The van der Waals surface area contributed by atoms with Gasteiger partial charge in [0.2, 0.25) is 5.91 Å². The van der Waals surface area contributed by atoms with Gasteiger partial charge in [-0.15, -0.1) is 10.2 Å². The van der Waals surface area contributed by atoms with Crippen LogP contribution in [0.2, 0.25) is 10.0 Å². The monoisotopic (exact) mass is 469 g/mol. The Balaban J connectivity index is 1.80. The second-order valence-corrected chi connectivity index (χ2v) is 10.1. The highest BCUT2D eigenvalue weighted by atomic mass is 35.5. The number of benzene rings is 1. The SMILES string of the molecule is CCN1CCN(C(=O)[C@@H](C)Sc2nnc(-c3ccc(Cl)cc3Cl)n2CC(C)C)CC1. The van der Waals surface area contributed by atoms with Crippen molar-refractivity contribution in [3.8, 4) is 11.4 Å². The molecule has 1 aromatic heterocycles. The first kappa shape index (κ1) is 23.4. The number of piperazine rings is 1. The fraction of sp³-hybridized carbons (Fsp3) is 0.571. The quantitative estimate of drug-likeness (QED) is 0.556. The van der Waals surface area contributed by atoms with E-state index >= 15 is 0 Å². The third kappa shape index (κ3) is 5.49. The zero-order chi connectivity index (χ0) is 21.8. The lowest BCUT2D eigenvalue weighted by molar-refractivity contribution is -0.132. The Morgan fingerprint density at radius 3 is 2.43 bits per heavy atom. The van der Waals surface area contributed by atoms with Crippen molar-refractivity contribution in [3.05, 3.63) is 28.2 Å². The molecule has 0 radical (unpaired) electrons. The number of amides is 1. The molecule has 0 spiro atoms. The number of carbonyl (C=O) groups excluding carboxylic acids is 1. The molecule has 1 aliphatic rings. The second-order valence-electron chi connectivity index (χ2n) is 7.95. The summed E-state index contributed by atoms with van der Waals surface area (Å²) >= 11 is 13.9. The van der Waals surface area contributed by atoms with Gasteiger partial charge in [-0.3, -0.25) is 4.79 Å².